The number of nitrogens with one attached hydrogen (secondary N) is 2. The number of carbonyl (C=O) groups is 1. The van der Waals surface area contributed by atoms with Gasteiger partial charge in [-0.25, -0.2) is 13.1 Å². The molecule has 4 N–H and O–H groups in total. The minimum absolute atomic E-state index is 0.0228. The first-order valence-corrected chi connectivity index (χ1v) is 8.37. The predicted molar refractivity (Wildman–Crippen MR) is 83.4 cm³/mol. The molecular formula is C14H23N3O3S. The minimum atomic E-state index is -3.51. The van der Waals surface area contributed by atoms with Gasteiger partial charge in [0, 0.05) is 24.2 Å². The van der Waals surface area contributed by atoms with Gasteiger partial charge in [-0.1, -0.05) is 0 Å². The third-order valence-corrected chi connectivity index (χ3v) is 4.34. The molecule has 118 valence electrons. The second kappa shape index (κ2) is 7.53. The number of hydrogen-bond donors (Lipinski definition) is 3. The zero-order valence-electron chi connectivity index (χ0n) is 12.6. The second-order valence-electron chi connectivity index (χ2n) is 5.36. The van der Waals surface area contributed by atoms with Crippen LogP contribution in [0, 0.1) is 0 Å². The lowest BCUT2D eigenvalue weighted by atomic mass is 10.2. The smallest absolute Gasteiger partial charge is 0.240 e. The Kier molecular flexibility index (Phi) is 6.32. The molecule has 1 aromatic rings. The number of nitrogens with two attached hydrogens (primary N) is 1. The highest BCUT2D eigenvalue weighted by Gasteiger charge is 2.15. The summed E-state index contributed by atoms with van der Waals surface area (Å²) < 4.78 is 26.4. The zero-order chi connectivity index (χ0) is 16.0. The van der Waals surface area contributed by atoms with Crippen LogP contribution < -0.4 is 15.8 Å². The summed E-state index contributed by atoms with van der Waals surface area (Å²) in [6.45, 7) is 5.35. The Labute approximate surface area is 126 Å². The maximum absolute atomic E-state index is 11.9. The molecule has 0 saturated heterocycles. The summed E-state index contributed by atoms with van der Waals surface area (Å²) >= 11 is 0. The van der Waals surface area contributed by atoms with E-state index in [9.17, 15) is 13.2 Å². The second-order valence-corrected chi connectivity index (χ2v) is 7.08. The number of amides is 1. The Hall–Kier alpha value is -1.44. The van der Waals surface area contributed by atoms with Crippen molar-refractivity contribution in [2.75, 3.05) is 5.32 Å². The monoisotopic (exact) mass is 313 g/mol. The molecule has 0 saturated carbocycles. The van der Waals surface area contributed by atoms with E-state index in [0.717, 1.165) is 0 Å². The van der Waals surface area contributed by atoms with Crippen molar-refractivity contribution in [1.29, 1.82) is 0 Å². The van der Waals surface area contributed by atoms with E-state index < -0.39 is 10.0 Å². The van der Waals surface area contributed by atoms with Crippen molar-refractivity contribution < 1.29 is 13.2 Å². The molecule has 0 spiro atoms. The van der Waals surface area contributed by atoms with Crippen LogP contribution in [0.1, 0.15) is 33.6 Å². The molecule has 21 heavy (non-hydrogen) atoms. The van der Waals surface area contributed by atoms with Crippen LogP contribution in [0.25, 0.3) is 0 Å². The first-order chi connectivity index (χ1) is 9.70. The van der Waals surface area contributed by atoms with Gasteiger partial charge in [0.15, 0.2) is 0 Å². The van der Waals surface area contributed by atoms with Crippen LogP contribution in [0.4, 0.5) is 5.69 Å². The largest absolute Gasteiger partial charge is 0.328 e. The standard InChI is InChI=1S/C14H23N3O3S/c1-10(2)17-21(19,20)13-7-5-12(6-8-13)16-14(18)9-4-11(3)15/h5-8,10-11,17H,4,9,15H2,1-3H3,(H,16,18). The highest BCUT2D eigenvalue weighted by molar-refractivity contribution is 7.89. The normalized spacial score (nSPS) is 13.2. The molecule has 0 fully saturated rings. The minimum Gasteiger partial charge on any atom is -0.328 e. The maximum Gasteiger partial charge on any atom is 0.240 e. The van der Waals surface area contributed by atoms with Crippen molar-refractivity contribution in [2.45, 2.75) is 50.6 Å². The molecule has 1 unspecified atom stereocenters. The Morgan fingerprint density at radius 1 is 1.19 bits per heavy atom. The molecule has 1 rings (SSSR count). The third kappa shape index (κ3) is 6.24. The van der Waals surface area contributed by atoms with E-state index in [-0.39, 0.29) is 22.9 Å². The van der Waals surface area contributed by atoms with Gasteiger partial charge in [0.2, 0.25) is 15.9 Å². The van der Waals surface area contributed by atoms with Gasteiger partial charge in [-0.3, -0.25) is 4.79 Å². The topological polar surface area (TPSA) is 101 Å². The number of carbonyl (C=O) groups excluding carboxylic acids is 1. The summed E-state index contributed by atoms with van der Waals surface area (Å²) in [4.78, 5) is 11.8. The van der Waals surface area contributed by atoms with Crippen molar-refractivity contribution >= 4 is 21.6 Å². The molecule has 0 radical (unpaired) electrons. The predicted octanol–water partition coefficient (Wildman–Crippen LogP) is 1.44. The van der Waals surface area contributed by atoms with E-state index in [1.165, 1.54) is 12.1 Å². The van der Waals surface area contributed by atoms with Crippen LogP contribution in [0.3, 0.4) is 0 Å². The summed E-state index contributed by atoms with van der Waals surface area (Å²) in [6, 6.07) is 5.87. The van der Waals surface area contributed by atoms with Crippen molar-refractivity contribution in [3.63, 3.8) is 0 Å². The number of rotatable bonds is 7. The molecule has 0 aromatic heterocycles. The van der Waals surface area contributed by atoms with Crippen LogP contribution in [-0.2, 0) is 14.8 Å². The Morgan fingerprint density at radius 3 is 2.24 bits per heavy atom. The molecule has 6 nitrogen and oxygen atoms in total. The number of hydrogen-bond acceptors (Lipinski definition) is 4. The first kappa shape index (κ1) is 17.6. The number of benzene rings is 1. The van der Waals surface area contributed by atoms with Crippen LogP contribution in [0.5, 0.6) is 0 Å². The quantitative estimate of drug-likeness (QED) is 0.709. The van der Waals surface area contributed by atoms with E-state index in [1.54, 1.807) is 26.0 Å². The van der Waals surface area contributed by atoms with E-state index in [0.29, 0.717) is 18.5 Å². The molecular weight excluding hydrogens is 290 g/mol. The van der Waals surface area contributed by atoms with Gasteiger partial charge in [0.1, 0.15) is 0 Å². The summed E-state index contributed by atoms with van der Waals surface area (Å²) in [5.41, 5.74) is 6.15. The van der Waals surface area contributed by atoms with Crippen LogP contribution in [0.15, 0.2) is 29.2 Å². The van der Waals surface area contributed by atoms with Gasteiger partial charge in [-0.15, -0.1) is 0 Å². The molecule has 1 aromatic carbocycles. The van der Waals surface area contributed by atoms with E-state index >= 15 is 0 Å². The third-order valence-electron chi connectivity index (χ3n) is 2.67. The van der Waals surface area contributed by atoms with E-state index in [2.05, 4.69) is 10.0 Å². The number of anilines is 1. The average Bonchev–Trinajstić information content (AvgIpc) is 2.35. The van der Waals surface area contributed by atoms with Crippen LogP contribution >= 0.6 is 0 Å². The van der Waals surface area contributed by atoms with Crippen molar-refractivity contribution in [2.24, 2.45) is 5.73 Å². The van der Waals surface area contributed by atoms with Gasteiger partial charge in [0.05, 0.1) is 4.90 Å². The zero-order valence-corrected chi connectivity index (χ0v) is 13.4. The highest BCUT2D eigenvalue weighted by atomic mass is 32.2. The van der Waals surface area contributed by atoms with Crippen LogP contribution in [-0.4, -0.2) is 26.4 Å². The number of sulfonamides is 1. The van der Waals surface area contributed by atoms with Crippen LogP contribution in [0.2, 0.25) is 0 Å². The van der Waals surface area contributed by atoms with Gasteiger partial charge in [-0.2, -0.15) is 0 Å². The van der Waals surface area contributed by atoms with Crippen molar-refractivity contribution in [1.82, 2.24) is 4.72 Å². The van der Waals surface area contributed by atoms with Gasteiger partial charge in [-0.05, 0) is 51.5 Å². The summed E-state index contributed by atoms with van der Waals surface area (Å²) in [7, 11) is -3.51. The molecule has 1 amide bonds. The fraction of sp³-hybridized carbons (Fsp3) is 0.500. The van der Waals surface area contributed by atoms with Gasteiger partial charge >= 0.3 is 0 Å². The summed E-state index contributed by atoms with van der Waals surface area (Å²) in [5.74, 6) is -0.136. The molecule has 0 aliphatic heterocycles. The van der Waals surface area contributed by atoms with E-state index in [4.69, 9.17) is 5.73 Å². The Balaban J connectivity index is 2.68. The van der Waals surface area contributed by atoms with Gasteiger partial charge < -0.3 is 11.1 Å². The lowest BCUT2D eigenvalue weighted by molar-refractivity contribution is -0.116. The van der Waals surface area contributed by atoms with Crippen molar-refractivity contribution in [3.8, 4) is 0 Å². The Morgan fingerprint density at radius 2 is 1.76 bits per heavy atom. The molecule has 0 heterocycles. The van der Waals surface area contributed by atoms with E-state index in [1.807, 2.05) is 6.92 Å². The SMILES string of the molecule is CC(N)CCC(=O)Nc1ccc(S(=O)(=O)NC(C)C)cc1. The highest BCUT2D eigenvalue weighted by Crippen LogP contribution is 2.14. The molecule has 0 aliphatic carbocycles. The summed E-state index contributed by atoms with van der Waals surface area (Å²) in [6.07, 6.45) is 0.948. The first-order valence-electron chi connectivity index (χ1n) is 6.88. The molecule has 1 atom stereocenters. The maximum atomic E-state index is 11.9. The average molecular weight is 313 g/mol. The Bertz CT molecular complexity index is 566. The fourth-order valence-corrected chi connectivity index (χ4v) is 2.93. The molecule has 0 bridgehead atoms. The fourth-order valence-electron chi connectivity index (χ4n) is 1.68. The lowest BCUT2D eigenvalue weighted by Crippen LogP contribution is -2.30. The summed E-state index contributed by atoms with van der Waals surface area (Å²) in [5, 5.41) is 2.71. The van der Waals surface area contributed by atoms with Crippen molar-refractivity contribution in [3.05, 3.63) is 24.3 Å². The molecule has 0 aliphatic rings. The lowest BCUT2D eigenvalue weighted by Gasteiger charge is -2.11. The molecule has 7 heteroatoms. The van der Waals surface area contributed by atoms with Gasteiger partial charge in [0.25, 0.3) is 0 Å².